The minimum atomic E-state index is 0.253. The molecule has 0 saturated heterocycles. The van der Waals surface area contributed by atoms with E-state index in [1.807, 2.05) is 0 Å². The fraction of sp³-hybridized carbons (Fsp3) is 1.00. The van der Waals surface area contributed by atoms with Crippen molar-refractivity contribution in [1.29, 1.82) is 0 Å². The lowest BCUT2D eigenvalue weighted by molar-refractivity contribution is 0.132. The topological polar surface area (TPSA) is 15.3 Å². The summed E-state index contributed by atoms with van der Waals surface area (Å²) in [5.41, 5.74) is 0.813. The average molecular weight is 280 g/mol. The summed E-state index contributed by atoms with van der Waals surface area (Å²) in [7, 11) is 0. The molecule has 1 N–H and O–H groups in total. The molecule has 0 aromatic rings. The van der Waals surface area contributed by atoms with E-state index in [1.54, 1.807) is 0 Å². The molecule has 20 heavy (non-hydrogen) atoms. The van der Waals surface area contributed by atoms with Crippen LogP contribution in [0.5, 0.6) is 0 Å². The van der Waals surface area contributed by atoms with Crippen molar-refractivity contribution in [3.05, 3.63) is 0 Å². The molecule has 0 aromatic carbocycles. The van der Waals surface area contributed by atoms with Gasteiger partial charge in [-0.1, -0.05) is 26.2 Å². The fourth-order valence-corrected chi connectivity index (χ4v) is 3.59. The number of hydrogen-bond acceptors (Lipinski definition) is 2. The average Bonchev–Trinajstić information content (AvgIpc) is 3.12. The zero-order valence-electron chi connectivity index (χ0n) is 14.3. The van der Waals surface area contributed by atoms with E-state index in [0.29, 0.717) is 5.41 Å². The molecule has 0 aliphatic heterocycles. The molecule has 0 radical (unpaired) electrons. The van der Waals surface area contributed by atoms with Crippen LogP contribution < -0.4 is 5.32 Å². The van der Waals surface area contributed by atoms with Crippen molar-refractivity contribution in [2.45, 2.75) is 90.6 Å². The number of nitrogens with zero attached hydrogens (tertiary/aromatic N) is 1. The summed E-state index contributed by atoms with van der Waals surface area (Å²) in [6, 6.07) is 0.925. The molecular formula is C18H36N2. The largest absolute Gasteiger partial charge is 0.311 e. The van der Waals surface area contributed by atoms with Crippen LogP contribution in [0.4, 0.5) is 0 Å². The molecule has 0 heterocycles. The highest BCUT2D eigenvalue weighted by Gasteiger charge is 2.39. The quantitative estimate of drug-likeness (QED) is 0.717. The molecule has 118 valence electrons. The summed E-state index contributed by atoms with van der Waals surface area (Å²) in [6.07, 6.45) is 11.4. The van der Waals surface area contributed by atoms with Crippen LogP contribution >= 0.6 is 0 Å². The van der Waals surface area contributed by atoms with Gasteiger partial charge in [-0.15, -0.1) is 0 Å². The van der Waals surface area contributed by atoms with Gasteiger partial charge in [0, 0.05) is 24.7 Å². The lowest BCUT2D eigenvalue weighted by Crippen LogP contribution is -2.48. The Balaban J connectivity index is 1.92. The Bertz CT molecular complexity index is 282. The molecule has 0 bridgehead atoms. The Morgan fingerprint density at radius 3 is 2.30 bits per heavy atom. The first kappa shape index (κ1) is 16.3. The predicted molar refractivity (Wildman–Crippen MR) is 88.2 cm³/mol. The zero-order valence-corrected chi connectivity index (χ0v) is 14.3. The maximum absolute atomic E-state index is 3.80. The number of rotatable bonds is 8. The molecule has 0 atom stereocenters. The monoisotopic (exact) mass is 280 g/mol. The fourth-order valence-electron chi connectivity index (χ4n) is 3.59. The molecule has 0 spiro atoms. The van der Waals surface area contributed by atoms with E-state index in [4.69, 9.17) is 0 Å². The maximum atomic E-state index is 3.80. The molecule has 0 unspecified atom stereocenters. The minimum Gasteiger partial charge on any atom is -0.311 e. The highest BCUT2D eigenvalue weighted by atomic mass is 15.2. The summed E-state index contributed by atoms with van der Waals surface area (Å²) in [5, 5.41) is 3.80. The van der Waals surface area contributed by atoms with Gasteiger partial charge in [-0.05, 0) is 64.8 Å². The van der Waals surface area contributed by atoms with Crippen molar-refractivity contribution in [2.75, 3.05) is 19.6 Å². The first-order valence-electron chi connectivity index (χ1n) is 8.93. The van der Waals surface area contributed by atoms with Crippen molar-refractivity contribution in [3.8, 4) is 0 Å². The summed E-state index contributed by atoms with van der Waals surface area (Å²) in [6.45, 7) is 13.1. The van der Waals surface area contributed by atoms with Gasteiger partial charge in [0.05, 0.1) is 0 Å². The number of hydrogen-bond donors (Lipinski definition) is 1. The Kier molecular flexibility index (Phi) is 5.53. The molecule has 2 heteroatoms. The van der Waals surface area contributed by atoms with Crippen molar-refractivity contribution in [2.24, 2.45) is 5.41 Å². The van der Waals surface area contributed by atoms with E-state index in [-0.39, 0.29) is 5.54 Å². The van der Waals surface area contributed by atoms with Crippen LogP contribution in [0.1, 0.15) is 79.1 Å². The Labute approximate surface area is 126 Å². The van der Waals surface area contributed by atoms with Crippen molar-refractivity contribution in [3.63, 3.8) is 0 Å². The van der Waals surface area contributed by atoms with Crippen LogP contribution in [0.25, 0.3) is 0 Å². The summed E-state index contributed by atoms with van der Waals surface area (Å²) < 4.78 is 0. The molecule has 2 aliphatic carbocycles. The van der Waals surface area contributed by atoms with E-state index in [9.17, 15) is 0 Å². The summed E-state index contributed by atoms with van der Waals surface area (Å²) in [4.78, 5) is 2.83. The predicted octanol–water partition coefficient (Wildman–Crippen LogP) is 4.20. The van der Waals surface area contributed by atoms with Crippen LogP contribution in [0.2, 0.25) is 0 Å². The standard InChI is InChI=1S/C18H36N2/c1-5-6-13-20(16-9-10-16)15-18(11-7-8-12-18)14-19-17(2,3)4/h16,19H,5-15H2,1-4H3. The molecule has 0 aromatic heterocycles. The molecular weight excluding hydrogens is 244 g/mol. The lowest BCUT2D eigenvalue weighted by Gasteiger charge is -2.38. The maximum Gasteiger partial charge on any atom is 0.00967 e. The van der Waals surface area contributed by atoms with Gasteiger partial charge in [0.25, 0.3) is 0 Å². The summed E-state index contributed by atoms with van der Waals surface area (Å²) >= 11 is 0. The third-order valence-corrected chi connectivity index (χ3v) is 5.06. The molecule has 2 nitrogen and oxygen atoms in total. The van der Waals surface area contributed by atoms with Crippen molar-refractivity contribution < 1.29 is 0 Å². The van der Waals surface area contributed by atoms with Crippen LogP contribution in [-0.2, 0) is 0 Å². The van der Waals surface area contributed by atoms with Crippen LogP contribution in [0.3, 0.4) is 0 Å². The zero-order chi connectivity index (χ0) is 14.6. The van der Waals surface area contributed by atoms with Gasteiger partial charge in [-0.3, -0.25) is 4.90 Å². The van der Waals surface area contributed by atoms with Gasteiger partial charge in [-0.2, -0.15) is 0 Å². The van der Waals surface area contributed by atoms with Gasteiger partial charge in [0.2, 0.25) is 0 Å². The first-order chi connectivity index (χ1) is 9.44. The van der Waals surface area contributed by atoms with Gasteiger partial charge in [-0.25, -0.2) is 0 Å². The lowest BCUT2D eigenvalue weighted by atomic mass is 9.84. The third kappa shape index (κ3) is 5.04. The Hall–Kier alpha value is -0.0800. The molecule has 2 aliphatic rings. The second-order valence-electron chi connectivity index (χ2n) is 8.37. The molecule has 2 rings (SSSR count). The van der Waals surface area contributed by atoms with Gasteiger partial charge in [0.15, 0.2) is 0 Å². The molecule has 0 amide bonds. The van der Waals surface area contributed by atoms with E-state index >= 15 is 0 Å². The van der Waals surface area contributed by atoms with Crippen molar-refractivity contribution in [1.82, 2.24) is 10.2 Å². The van der Waals surface area contributed by atoms with Gasteiger partial charge >= 0.3 is 0 Å². The Morgan fingerprint density at radius 2 is 1.80 bits per heavy atom. The van der Waals surface area contributed by atoms with Crippen LogP contribution in [0, 0.1) is 5.41 Å². The molecule has 2 saturated carbocycles. The minimum absolute atomic E-state index is 0.253. The number of unbranched alkanes of at least 4 members (excludes halogenated alkanes) is 1. The smallest absolute Gasteiger partial charge is 0.00967 e. The van der Waals surface area contributed by atoms with Gasteiger partial charge in [0.1, 0.15) is 0 Å². The van der Waals surface area contributed by atoms with E-state index < -0.39 is 0 Å². The van der Waals surface area contributed by atoms with E-state index in [0.717, 1.165) is 6.04 Å². The van der Waals surface area contributed by atoms with E-state index in [1.165, 1.54) is 71.0 Å². The van der Waals surface area contributed by atoms with Gasteiger partial charge < -0.3 is 5.32 Å². The normalized spacial score (nSPS) is 22.6. The Morgan fingerprint density at radius 1 is 1.15 bits per heavy atom. The summed E-state index contributed by atoms with van der Waals surface area (Å²) in [5.74, 6) is 0. The number of nitrogens with one attached hydrogen (secondary N) is 1. The SMILES string of the molecule is CCCCN(CC1(CNC(C)(C)C)CCCC1)C1CC1. The second kappa shape index (κ2) is 6.79. The highest BCUT2D eigenvalue weighted by Crippen LogP contribution is 2.41. The van der Waals surface area contributed by atoms with Crippen LogP contribution in [0.15, 0.2) is 0 Å². The first-order valence-corrected chi connectivity index (χ1v) is 8.93. The third-order valence-electron chi connectivity index (χ3n) is 5.06. The van der Waals surface area contributed by atoms with E-state index in [2.05, 4.69) is 37.9 Å². The second-order valence-corrected chi connectivity index (χ2v) is 8.37. The molecule has 2 fully saturated rings. The highest BCUT2D eigenvalue weighted by molar-refractivity contribution is 4.95. The van der Waals surface area contributed by atoms with Crippen molar-refractivity contribution >= 4 is 0 Å². The van der Waals surface area contributed by atoms with Crippen LogP contribution in [-0.4, -0.2) is 36.1 Å².